The number of methoxy groups -OCH3 is 1. The highest BCUT2D eigenvalue weighted by Gasteiger charge is 2.27. The van der Waals surface area contributed by atoms with E-state index in [0.717, 1.165) is 43.1 Å². The summed E-state index contributed by atoms with van der Waals surface area (Å²) in [6, 6.07) is 7.79. The molecular formula is C24H34N4O2. The SMILES string of the molecule is COc1ccc(C)cc1-n1ccc(C(=O)N2CCCC(CN3CCCCCC3)C2)n1. The molecule has 2 aromatic rings. The second-order valence-electron chi connectivity index (χ2n) is 8.80. The Morgan fingerprint density at radius 3 is 2.67 bits per heavy atom. The molecule has 1 amide bonds. The summed E-state index contributed by atoms with van der Waals surface area (Å²) >= 11 is 0. The van der Waals surface area contributed by atoms with Crippen molar-refractivity contribution in [3.63, 3.8) is 0 Å². The van der Waals surface area contributed by atoms with Crippen LogP contribution in [0.5, 0.6) is 5.75 Å². The first-order chi connectivity index (χ1) is 14.6. The van der Waals surface area contributed by atoms with Crippen molar-refractivity contribution in [3.8, 4) is 11.4 Å². The number of piperidine rings is 1. The molecule has 0 saturated carbocycles. The van der Waals surface area contributed by atoms with Crippen LogP contribution in [0.1, 0.15) is 54.6 Å². The lowest BCUT2D eigenvalue weighted by Crippen LogP contribution is -2.44. The average molecular weight is 411 g/mol. The Hall–Kier alpha value is -2.34. The van der Waals surface area contributed by atoms with E-state index < -0.39 is 0 Å². The van der Waals surface area contributed by atoms with Gasteiger partial charge in [-0.05, 0) is 75.4 Å². The number of hydrogen-bond donors (Lipinski definition) is 0. The molecule has 2 saturated heterocycles. The van der Waals surface area contributed by atoms with Crippen LogP contribution in [0.2, 0.25) is 0 Å². The maximum Gasteiger partial charge on any atom is 0.274 e. The van der Waals surface area contributed by atoms with Gasteiger partial charge in [0.1, 0.15) is 11.4 Å². The zero-order valence-electron chi connectivity index (χ0n) is 18.3. The number of nitrogens with zero attached hydrogens (tertiary/aromatic N) is 4. The largest absolute Gasteiger partial charge is 0.494 e. The molecule has 0 spiro atoms. The molecule has 1 aromatic carbocycles. The van der Waals surface area contributed by atoms with Crippen molar-refractivity contribution >= 4 is 5.91 Å². The van der Waals surface area contributed by atoms with E-state index in [1.165, 1.54) is 45.2 Å². The third-order valence-electron chi connectivity index (χ3n) is 6.41. The van der Waals surface area contributed by atoms with E-state index in [9.17, 15) is 4.79 Å². The quantitative estimate of drug-likeness (QED) is 0.750. The Kier molecular flexibility index (Phi) is 6.72. The van der Waals surface area contributed by atoms with Crippen molar-refractivity contribution in [3.05, 3.63) is 41.7 Å². The summed E-state index contributed by atoms with van der Waals surface area (Å²) in [5, 5.41) is 4.59. The highest BCUT2D eigenvalue weighted by Crippen LogP contribution is 2.25. The van der Waals surface area contributed by atoms with Gasteiger partial charge in [0.25, 0.3) is 5.91 Å². The van der Waals surface area contributed by atoms with E-state index in [-0.39, 0.29) is 5.91 Å². The van der Waals surface area contributed by atoms with Gasteiger partial charge in [-0.3, -0.25) is 4.79 Å². The number of amides is 1. The molecule has 2 fully saturated rings. The summed E-state index contributed by atoms with van der Waals surface area (Å²) in [5.41, 5.74) is 2.49. The Morgan fingerprint density at radius 2 is 1.90 bits per heavy atom. The van der Waals surface area contributed by atoms with Gasteiger partial charge in [-0.2, -0.15) is 5.10 Å². The Balaban J connectivity index is 1.42. The van der Waals surface area contributed by atoms with Crippen LogP contribution in [0.15, 0.2) is 30.5 Å². The fourth-order valence-corrected chi connectivity index (χ4v) is 4.80. The fourth-order valence-electron chi connectivity index (χ4n) is 4.80. The smallest absolute Gasteiger partial charge is 0.274 e. The van der Waals surface area contributed by atoms with Crippen molar-refractivity contribution in [2.75, 3.05) is 39.8 Å². The number of hydrogen-bond acceptors (Lipinski definition) is 4. The van der Waals surface area contributed by atoms with Gasteiger partial charge in [0.15, 0.2) is 5.69 Å². The molecule has 6 heteroatoms. The van der Waals surface area contributed by atoms with Crippen molar-refractivity contribution in [2.24, 2.45) is 5.92 Å². The van der Waals surface area contributed by atoms with Crippen molar-refractivity contribution in [2.45, 2.75) is 45.4 Å². The number of aromatic nitrogens is 2. The molecule has 2 aliphatic rings. The van der Waals surface area contributed by atoms with E-state index in [4.69, 9.17) is 4.74 Å². The van der Waals surface area contributed by atoms with Gasteiger partial charge in [0.05, 0.1) is 7.11 Å². The van der Waals surface area contributed by atoms with E-state index >= 15 is 0 Å². The summed E-state index contributed by atoms with van der Waals surface area (Å²) in [7, 11) is 1.65. The summed E-state index contributed by atoms with van der Waals surface area (Å²) in [5.74, 6) is 1.36. The fraction of sp³-hybridized carbons (Fsp3) is 0.583. The van der Waals surface area contributed by atoms with Crippen LogP contribution >= 0.6 is 0 Å². The molecule has 1 unspecified atom stereocenters. The molecule has 162 valence electrons. The molecule has 0 bridgehead atoms. The lowest BCUT2D eigenvalue weighted by Gasteiger charge is -2.35. The molecule has 1 aromatic heterocycles. The summed E-state index contributed by atoms with van der Waals surface area (Å²) in [6.45, 7) is 7.27. The van der Waals surface area contributed by atoms with Crippen LogP contribution in [0.3, 0.4) is 0 Å². The molecular weight excluding hydrogens is 376 g/mol. The van der Waals surface area contributed by atoms with Crippen LogP contribution in [-0.4, -0.2) is 65.3 Å². The van der Waals surface area contributed by atoms with Crippen LogP contribution in [0.4, 0.5) is 0 Å². The predicted octanol–water partition coefficient (Wildman–Crippen LogP) is 3.92. The molecule has 0 N–H and O–H groups in total. The Bertz CT molecular complexity index is 855. The van der Waals surface area contributed by atoms with E-state index in [2.05, 4.69) is 10.00 Å². The first-order valence-corrected chi connectivity index (χ1v) is 11.4. The van der Waals surface area contributed by atoms with Crippen molar-refractivity contribution < 1.29 is 9.53 Å². The van der Waals surface area contributed by atoms with Gasteiger partial charge < -0.3 is 14.5 Å². The monoisotopic (exact) mass is 410 g/mol. The van der Waals surface area contributed by atoms with Gasteiger partial charge in [0, 0.05) is 25.8 Å². The lowest BCUT2D eigenvalue weighted by atomic mass is 9.97. The minimum absolute atomic E-state index is 0.0425. The number of carbonyl (C=O) groups is 1. The van der Waals surface area contributed by atoms with Gasteiger partial charge in [-0.25, -0.2) is 4.68 Å². The second kappa shape index (κ2) is 9.65. The van der Waals surface area contributed by atoms with Crippen LogP contribution in [0, 0.1) is 12.8 Å². The molecule has 0 radical (unpaired) electrons. The molecule has 0 aliphatic carbocycles. The van der Waals surface area contributed by atoms with Gasteiger partial charge in [-0.15, -0.1) is 0 Å². The second-order valence-corrected chi connectivity index (χ2v) is 8.80. The summed E-state index contributed by atoms with van der Waals surface area (Å²) in [6.07, 6.45) is 9.50. The minimum Gasteiger partial charge on any atom is -0.494 e. The van der Waals surface area contributed by atoms with Gasteiger partial charge >= 0.3 is 0 Å². The number of ether oxygens (including phenoxy) is 1. The summed E-state index contributed by atoms with van der Waals surface area (Å²) < 4.78 is 7.22. The topological polar surface area (TPSA) is 50.6 Å². The summed E-state index contributed by atoms with van der Waals surface area (Å²) in [4.78, 5) is 17.8. The average Bonchev–Trinajstić information content (AvgIpc) is 3.12. The first-order valence-electron chi connectivity index (χ1n) is 11.4. The van der Waals surface area contributed by atoms with E-state index in [1.807, 2.05) is 42.3 Å². The highest BCUT2D eigenvalue weighted by molar-refractivity contribution is 5.92. The normalized spacial score (nSPS) is 20.7. The predicted molar refractivity (Wildman–Crippen MR) is 118 cm³/mol. The van der Waals surface area contributed by atoms with E-state index in [0.29, 0.717) is 11.6 Å². The molecule has 1 atom stereocenters. The van der Waals surface area contributed by atoms with Gasteiger partial charge in [0.2, 0.25) is 0 Å². The number of aryl methyl sites for hydroxylation is 1. The van der Waals surface area contributed by atoms with Crippen molar-refractivity contribution in [1.29, 1.82) is 0 Å². The van der Waals surface area contributed by atoms with Crippen LogP contribution in [-0.2, 0) is 0 Å². The molecule has 30 heavy (non-hydrogen) atoms. The number of benzene rings is 1. The van der Waals surface area contributed by atoms with Crippen LogP contribution in [0.25, 0.3) is 5.69 Å². The molecule has 3 heterocycles. The zero-order valence-corrected chi connectivity index (χ0v) is 18.3. The first kappa shape index (κ1) is 20.9. The number of likely N-dealkylation sites (tertiary alicyclic amines) is 2. The van der Waals surface area contributed by atoms with E-state index in [1.54, 1.807) is 11.8 Å². The Morgan fingerprint density at radius 1 is 1.10 bits per heavy atom. The molecule has 4 rings (SSSR count). The maximum absolute atomic E-state index is 13.2. The molecule has 6 nitrogen and oxygen atoms in total. The number of carbonyl (C=O) groups excluding carboxylic acids is 1. The van der Waals surface area contributed by atoms with Crippen LogP contribution < -0.4 is 4.74 Å². The minimum atomic E-state index is 0.0425. The maximum atomic E-state index is 13.2. The third-order valence-corrected chi connectivity index (χ3v) is 6.41. The highest BCUT2D eigenvalue weighted by atomic mass is 16.5. The Labute approximate surface area is 179 Å². The lowest BCUT2D eigenvalue weighted by molar-refractivity contribution is 0.0634. The standard InChI is InChI=1S/C24H34N4O2/c1-19-9-10-23(30-2)22(16-19)28-15-11-21(25-28)24(29)27-14-7-8-20(18-27)17-26-12-5-3-4-6-13-26/h9-11,15-16,20H,3-8,12-14,17-18H2,1-2H3. The third kappa shape index (κ3) is 4.86. The number of rotatable bonds is 5. The van der Waals surface area contributed by atoms with Crippen molar-refractivity contribution in [1.82, 2.24) is 19.6 Å². The van der Waals surface area contributed by atoms with Gasteiger partial charge in [-0.1, -0.05) is 18.9 Å². The zero-order chi connectivity index (χ0) is 20.9. The molecule has 2 aliphatic heterocycles.